The Kier molecular flexibility index (Phi) is 2.88. The highest BCUT2D eigenvalue weighted by Gasteiger charge is 2.15. The normalized spacial score (nSPS) is 10.6. The molecule has 0 unspecified atom stereocenters. The SMILES string of the molecule is O=c1[nH]n(-c2ccccc2O)c(O)c1CCO. The van der Waals surface area contributed by atoms with E-state index in [0.717, 1.165) is 4.68 Å². The van der Waals surface area contributed by atoms with Crippen LogP contribution in [0.5, 0.6) is 11.6 Å². The molecular formula is C11H12N2O4. The number of benzene rings is 1. The number of nitrogens with one attached hydrogen (secondary N) is 1. The van der Waals surface area contributed by atoms with Gasteiger partial charge in [0.05, 0.1) is 5.56 Å². The summed E-state index contributed by atoms with van der Waals surface area (Å²) in [5, 5.41) is 30.6. The lowest BCUT2D eigenvalue weighted by Crippen LogP contribution is -2.08. The van der Waals surface area contributed by atoms with Crippen molar-refractivity contribution in [2.24, 2.45) is 0 Å². The van der Waals surface area contributed by atoms with Crippen molar-refractivity contribution in [2.75, 3.05) is 6.61 Å². The van der Waals surface area contributed by atoms with Crippen LogP contribution in [0.3, 0.4) is 0 Å². The topological polar surface area (TPSA) is 98.5 Å². The van der Waals surface area contributed by atoms with E-state index in [1.54, 1.807) is 18.2 Å². The fourth-order valence-corrected chi connectivity index (χ4v) is 1.62. The smallest absolute Gasteiger partial charge is 0.271 e. The van der Waals surface area contributed by atoms with Crippen molar-refractivity contribution in [3.05, 3.63) is 40.2 Å². The Balaban J connectivity index is 2.58. The maximum atomic E-state index is 11.5. The summed E-state index contributed by atoms with van der Waals surface area (Å²) >= 11 is 0. The summed E-state index contributed by atoms with van der Waals surface area (Å²) < 4.78 is 1.09. The number of para-hydroxylation sites is 2. The van der Waals surface area contributed by atoms with Gasteiger partial charge in [0.15, 0.2) is 0 Å². The summed E-state index contributed by atoms with van der Waals surface area (Å²) in [6.45, 7) is -0.235. The van der Waals surface area contributed by atoms with Crippen LogP contribution in [0.25, 0.3) is 5.69 Å². The third-order valence-electron chi connectivity index (χ3n) is 2.45. The van der Waals surface area contributed by atoms with E-state index in [9.17, 15) is 15.0 Å². The minimum atomic E-state index is -0.486. The average Bonchev–Trinajstić information content (AvgIpc) is 2.58. The molecule has 0 aliphatic heterocycles. The highest BCUT2D eigenvalue weighted by Crippen LogP contribution is 2.25. The Morgan fingerprint density at radius 1 is 1.24 bits per heavy atom. The molecule has 1 heterocycles. The van der Waals surface area contributed by atoms with E-state index in [1.807, 2.05) is 0 Å². The van der Waals surface area contributed by atoms with E-state index in [0.29, 0.717) is 0 Å². The molecule has 0 saturated carbocycles. The first-order chi connectivity index (χ1) is 8.15. The molecule has 0 aliphatic rings. The molecule has 0 radical (unpaired) electrons. The van der Waals surface area contributed by atoms with Crippen LogP contribution in [0.4, 0.5) is 0 Å². The second-order valence-electron chi connectivity index (χ2n) is 3.54. The van der Waals surface area contributed by atoms with Crippen LogP contribution in [0.15, 0.2) is 29.1 Å². The summed E-state index contributed by atoms with van der Waals surface area (Å²) in [5.41, 5.74) is -0.123. The van der Waals surface area contributed by atoms with Crippen LogP contribution in [-0.4, -0.2) is 31.7 Å². The summed E-state index contributed by atoms with van der Waals surface area (Å²) in [6, 6.07) is 6.29. The lowest BCUT2D eigenvalue weighted by molar-refractivity contribution is 0.296. The van der Waals surface area contributed by atoms with Crippen molar-refractivity contribution in [3.8, 4) is 17.3 Å². The fourth-order valence-electron chi connectivity index (χ4n) is 1.62. The van der Waals surface area contributed by atoms with E-state index < -0.39 is 5.56 Å². The number of aromatic hydroxyl groups is 2. The largest absolute Gasteiger partial charge is 0.506 e. The average molecular weight is 236 g/mol. The highest BCUT2D eigenvalue weighted by molar-refractivity contribution is 5.47. The Morgan fingerprint density at radius 2 is 1.94 bits per heavy atom. The van der Waals surface area contributed by atoms with E-state index in [1.165, 1.54) is 6.07 Å². The van der Waals surface area contributed by atoms with Gasteiger partial charge in [-0.2, -0.15) is 0 Å². The van der Waals surface area contributed by atoms with Crippen LogP contribution in [-0.2, 0) is 6.42 Å². The maximum Gasteiger partial charge on any atom is 0.271 e. The van der Waals surface area contributed by atoms with Gasteiger partial charge in [0.1, 0.15) is 11.4 Å². The number of aliphatic hydroxyl groups is 1. The zero-order valence-electron chi connectivity index (χ0n) is 8.92. The summed E-state index contributed by atoms with van der Waals surface area (Å²) in [5.74, 6) is -0.366. The number of aromatic amines is 1. The fraction of sp³-hybridized carbons (Fsp3) is 0.182. The second kappa shape index (κ2) is 4.34. The van der Waals surface area contributed by atoms with Crippen molar-refractivity contribution in [1.82, 2.24) is 9.78 Å². The zero-order chi connectivity index (χ0) is 12.4. The second-order valence-corrected chi connectivity index (χ2v) is 3.54. The number of nitrogens with zero attached hydrogens (tertiary/aromatic N) is 1. The van der Waals surface area contributed by atoms with Crippen molar-refractivity contribution < 1.29 is 15.3 Å². The first-order valence-corrected chi connectivity index (χ1v) is 5.07. The maximum absolute atomic E-state index is 11.5. The van der Waals surface area contributed by atoms with Crippen LogP contribution < -0.4 is 5.56 Å². The first kappa shape index (κ1) is 11.3. The van der Waals surface area contributed by atoms with Crippen LogP contribution in [0, 0.1) is 0 Å². The molecule has 17 heavy (non-hydrogen) atoms. The molecule has 4 N–H and O–H groups in total. The number of phenols is 1. The highest BCUT2D eigenvalue weighted by atomic mass is 16.3. The van der Waals surface area contributed by atoms with Crippen molar-refractivity contribution >= 4 is 0 Å². The van der Waals surface area contributed by atoms with Crippen molar-refractivity contribution in [1.29, 1.82) is 0 Å². The summed E-state index contributed by atoms with van der Waals surface area (Å²) in [6.07, 6.45) is 0.0573. The van der Waals surface area contributed by atoms with Gasteiger partial charge in [-0.1, -0.05) is 12.1 Å². The molecule has 0 atom stereocenters. The molecule has 1 aromatic carbocycles. The molecule has 6 nitrogen and oxygen atoms in total. The van der Waals surface area contributed by atoms with Gasteiger partial charge in [0.25, 0.3) is 5.56 Å². The molecule has 0 amide bonds. The number of H-pyrrole nitrogens is 1. The molecule has 0 aliphatic carbocycles. The minimum Gasteiger partial charge on any atom is -0.506 e. The molecule has 6 heteroatoms. The van der Waals surface area contributed by atoms with Gasteiger partial charge in [0, 0.05) is 13.0 Å². The lowest BCUT2D eigenvalue weighted by Gasteiger charge is -2.06. The molecular weight excluding hydrogens is 224 g/mol. The molecule has 0 saturated heterocycles. The minimum absolute atomic E-state index is 0.0573. The van der Waals surface area contributed by atoms with Gasteiger partial charge in [-0.05, 0) is 12.1 Å². The van der Waals surface area contributed by atoms with Crippen LogP contribution in [0.1, 0.15) is 5.56 Å². The predicted octanol–water partition coefficient (Wildman–Crippen LogP) is 0.112. The molecule has 2 aromatic rings. The molecule has 0 bridgehead atoms. The van der Waals surface area contributed by atoms with Gasteiger partial charge in [-0.15, -0.1) is 0 Å². The van der Waals surface area contributed by atoms with Crippen molar-refractivity contribution in [3.63, 3.8) is 0 Å². The summed E-state index contributed by atoms with van der Waals surface area (Å²) in [7, 11) is 0. The number of aromatic nitrogens is 2. The van der Waals surface area contributed by atoms with Gasteiger partial charge < -0.3 is 15.3 Å². The predicted molar refractivity (Wildman–Crippen MR) is 60.5 cm³/mol. The zero-order valence-corrected chi connectivity index (χ0v) is 8.92. The Hall–Kier alpha value is -2.21. The quantitative estimate of drug-likeness (QED) is 0.608. The number of hydrogen-bond donors (Lipinski definition) is 4. The van der Waals surface area contributed by atoms with E-state index in [-0.39, 0.29) is 35.9 Å². The standard InChI is InChI=1S/C11H12N2O4/c14-6-5-7-10(16)12-13(11(7)17)8-3-1-2-4-9(8)15/h1-4,14-15,17H,5-6H2,(H,12,16). The molecule has 0 spiro atoms. The van der Waals surface area contributed by atoms with Crippen LogP contribution in [0.2, 0.25) is 0 Å². The van der Waals surface area contributed by atoms with Gasteiger partial charge in [0.2, 0.25) is 5.88 Å². The number of aliphatic hydroxyl groups excluding tert-OH is 1. The first-order valence-electron chi connectivity index (χ1n) is 5.07. The van der Waals surface area contributed by atoms with E-state index in [2.05, 4.69) is 5.10 Å². The van der Waals surface area contributed by atoms with Crippen molar-refractivity contribution in [2.45, 2.75) is 6.42 Å². The summed E-state index contributed by atoms with van der Waals surface area (Å²) in [4.78, 5) is 11.5. The Bertz CT molecular complexity index is 585. The van der Waals surface area contributed by atoms with Gasteiger partial charge in [-0.3, -0.25) is 9.89 Å². The van der Waals surface area contributed by atoms with Gasteiger partial charge >= 0.3 is 0 Å². The Morgan fingerprint density at radius 3 is 2.59 bits per heavy atom. The third-order valence-corrected chi connectivity index (χ3v) is 2.45. The molecule has 1 aromatic heterocycles. The molecule has 90 valence electrons. The van der Waals surface area contributed by atoms with Gasteiger partial charge in [-0.25, -0.2) is 4.68 Å². The lowest BCUT2D eigenvalue weighted by atomic mass is 10.2. The van der Waals surface area contributed by atoms with Crippen LogP contribution >= 0.6 is 0 Å². The third kappa shape index (κ3) is 1.90. The van der Waals surface area contributed by atoms with E-state index >= 15 is 0 Å². The molecule has 0 fully saturated rings. The molecule has 2 rings (SSSR count). The Labute approximate surface area is 96.4 Å². The number of hydrogen-bond acceptors (Lipinski definition) is 4. The monoisotopic (exact) mass is 236 g/mol. The van der Waals surface area contributed by atoms with E-state index in [4.69, 9.17) is 5.11 Å². The number of phenolic OH excluding ortho intramolecular Hbond substituents is 1. The number of rotatable bonds is 3.